The summed E-state index contributed by atoms with van der Waals surface area (Å²) in [6.07, 6.45) is 8.90. The van der Waals surface area contributed by atoms with Gasteiger partial charge in [-0.2, -0.15) is 0 Å². The fourth-order valence-corrected chi connectivity index (χ4v) is 5.16. The molecule has 3 aromatic rings. The molecule has 1 aromatic heterocycles. The van der Waals surface area contributed by atoms with E-state index in [0.29, 0.717) is 42.6 Å². The predicted octanol–water partition coefficient (Wildman–Crippen LogP) is 6.22. The summed E-state index contributed by atoms with van der Waals surface area (Å²) in [4.78, 5) is 34.4. The lowest BCUT2D eigenvalue weighted by molar-refractivity contribution is -0.145. The van der Waals surface area contributed by atoms with Gasteiger partial charge in [-0.1, -0.05) is 7.43 Å². The van der Waals surface area contributed by atoms with Crippen molar-refractivity contribution in [3.8, 4) is 11.5 Å². The highest BCUT2D eigenvalue weighted by Crippen LogP contribution is 2.39. The van der Waals surface area contributed by atoms with Gasteiger partial charge in [-0.15, -0.1) is 0 Å². The number of hydrogen-bond acceptors (Lipinski definition) is 10. The van der Waals surface area contributed by atoms with Crippen LogP contribution >= 0.6 is 0 Å². The Morgan fingerprint density at radius 2 is 1.74 bits per heavy atom. The molecule has 2 aromatic carbocycles. The van der Waals surface area contributed by atoms with Gasteiger partial charge in [0.2, 0.25) is 0 Å². The first-order chi connectivity index (χ1) is 21.5. The average molecular weight is 655 g/mol. The summed E-state index contributed by atoms with van der Waals surface area (Å²) in [5, 5.41) is 2.68. The minimum absolute atomic E-state index is 0. The summed E-state index contributed by atoms with van der Waals surface area (Å²) in [6.45, 7) is 6.76. The fraction of sp³-hybridized carbons (Fsp3) is 0.412. The molecule has 0 radical (unpaired) electrons. The highest BCUT2D eigenvalue weighted by molar-refractivity contribution is 6.23. The molecule has 2 aliphatic rings. The van der Waals surface area contributed by atoms with Gasteiger partial charge in [0.05, 0.1) is 32.3 Å². The number of aromatic amines is 1. The minimum Gasteiger partial charge on any atom is -0.493 e. The number of nitrogens with two attached hydrogens (primary N) is 2. The topological polar surface area (TPSA) is 176 Å². The molecule has 0 saturated carbocycles. The lowest BCUT2D eigenvalue weighted by Crippen LogP contribution is -2.24. The number of methoxy groups -OCH3 is 1. The van der Waals surface area contributed by atoms with E-state index in [9.17, 15) is 9.59 Å². The van der Waals surface area contributed by atoms with E-state index in [-0.39, 0.29) is 18.0 Å². The number of ether oxygens (including phenoxy) is 4. The number of carbonyl (C=O) groups is 2. The average Bonchev–Trinajstić information content (AvgIpc) is 3.52. The van der Waals surface area contributed by atoms with Gasteiger partial charge >= 0.3 is 12.1 Å². The smallest absolute Gasteiger partial charge is 0.411 e. The third-order valence-corrected chi connectivity index (χ3v) is 7.21. The van der Waals surface area contributed by atoms with Crippen LogP contribution in [-0.2, 0) is 20.7 Å². The summed E-state index contributed by atoms with van der Waals surface area (Å²) in [5.41, 5.74) is 16.3. The zero-order valence-corrected chi connectivity index (χ0v) is 26.6. The number of allylic oxidation sites excluding steroid dienone is 1. The van der Waals surface area contributed by atoms with E-state index < -0.39 is 17.7 Å². The van der Waals surface area contributed by atoms with Crippen molar-refractivity contribution < 1.29 is 33.2 Å². The van der Waals surface area contributed by atoms with Crippen LogP contribution in [0.3, 0.4) is 0 Å². The van der Waals surface area contributed by atoms with E-state index in [1.54, 1.807) is 6.33 Å². The summed E-state index contributed by atoms with van der Waals surface area (Å²) in [6, 6.07) is 11.3. The van der Waals surface area contributed by atoms with E-state index in [1.807, 2.05) is 63.4 Å². The molecular formula is C34H47FN6O6. The molecule has 2 unspecified atom stereocenters. The van der Waals surface area contributed by atoms with Gasteiger partial charge < -0.3 is 35.4 Å². The Labute approximate surface area is 275 Å². The zero-order valence-electron chi connectivity index (χ0n) is 26.6. The van der Waals surface area contributed by atoms with E-state index in [1.165, 1.54) is 19.5 Å². The molecule has 0 saturated heterocycles. The first-order valence-corrected chi connectivity index (χ1v) is 14.8. The maximum Gasteiger partial charge on any atom is 0.411 e. The molecule has 2 atom stereocenters. The van der Waals surface area contributed by atoms with Gasteiger partial charge in [0.1, 0.15) is 23.3 Å². The molecule has 256 valence electrons. The third kappa shape index (κ3) is 11.3. The second-order valence-corrected chi connectivity index (χ2v) is 11.8. The number of esters is 1. The van der Waals surface area contributed by atoms with E-state index in [0.717, 1.165) is 47.6 Å². The maximum atomic E-state index is 11.7. The molecular weight excluding hydrogens is 607 g/mol. The van der Waals surface area contributed by atoms with Crippen LogP contribution in [0.1, 0.15) is 76.1 Å². The molecule has 1 amide bonds. The number of carbonyl (C=O) groups excluding carboxylic acids is 2. The monoisotopic (exact) mass is 654 g/mol. The Morgan fingerprint density at radius 3 is 2.36 bits per heavy atom. The largest absolute Gasteiger partial charge is 0.493 e. The molecule has 0 fully saturated rings. The minimum atomic E-state index is -0.549. The first kappa shape index (κ1) is 38.1. The summed E-state index contributed by atoms with van der Waals surface area (Å²) >= 11 is 0. The fourth-order valence-electron chi connectivity index (χ4n) is 5.16. The predicted molar refractivity (Wildman–Crippen MR) is 182 cm³/mol. The van der Waals surface area contributed by atoms with Gasteiger partial charge in [-0.25, -0.2) is 14.6 Å². The second-order valence-electron chi connectivity index (χ2n) is 11.8. The SMILES string of the molecule is C.CC(C)(C)OC(=O)C=N/C(=C\N)CC1CCOc2ccc(N)cc21.COC(=O)Nc1ccc2c(c1)C(Cc1cnc[nH]1)CCO2.F. The zero-order chi connectivity index (χ0) is 32.4. The van der Waals surface area contributed by atoms with Crippen LogP contribution in [0.2, 0.25) is 0 Å². The van der Waals surface area contributed by atoms with Crippen LogP contribution in [-0.4, -0.2) is 54.2 Å². The van der Waals surface area contributed by atoms with Crippen molar-refractivity contribution >= 4 is 29.7 Å². The molecule has 2 aliphatic heterocycles. The highest BCUT2D eigenvalue weighted by Gasteiger charge is 2.24. The van der Waals surface area contributed by atoms with E-state index in [2.05, 4.69) is 25.0 Å². The highest BCUT2D eigenvalue weighted by atomic mass is 19.0. The second kappa shape index (κ2) is 17.6. The number of H-pyrrole nitrogens is 1. The molecule has 0 spiro atoms. The molecule has 5 rings (SSSR count). The van der Waals surface area contributed by atoms with Crippen LogP contribution in [0.4, 0.5) is 20.9 Å². The number of fused-ring (bicyclic) bond motifs is 2. The Hall–Kier alpha value is -5.07. The standard InChI is InChI=1S/C18H25N3O3.C15H17N3O3.CH4.FH/c1-18(2,3)24-17(22)11-21-14(10-19)8-12-6-7-23-16-5-4-13(20)9-15(12)16;1-20-15(19)18-11-2-3-14-13(7-11)10(4-5-21-14)6-12-8-16-9-17-12;;/h4-5,9-12H,6-8,19-20H2,1-3H3;2-3,7-10H,4-6H2,1H3,(H,16,17)(H,18,19);1H4;1H/b14-10-,21-11?;;;. The van der Waals surface area contributed by atoms with Crippen molar-refractivity contribution in [1.82, 2.24) is 9.97 Å². The van der Waals surface area contributed by atoms with Crippen molar-refractivity contribution in [2.75, 3.05) is 31.4 Å². The summed E-state index contributed by atoms with van der Waals surface area (Å²) in [7, 11) is 1.35. The Morgan fingerprint density at radius 1 is 1.09 bits per heavy atom. The Bertz CT molecular complexity index is 1520. The van der Waals surface area contributed by atoms with Crippen molar-refractivity contribution in [2.24, 2.45) is 10.7 Å². The summed E-state index contributed by atoms with van der Waals surface area (Å²) in [5.74, 6) is 1.77. The van der Waals surface area contributed by atoms with Gasteiger partial charge in [-0.05, 0) is 106 Å². The molecule has 3 heterocycles. The number of amides is 1. The number of nitrogen functional groups attached to an aromatic ring is 1. The quantitative estimate of drug-likeness (QED) is 0.131. The van der Waals surface area contributed by atoms with Gasteiger partial charge in [0, 0.05) is 29.5 Å². The number of imidazole rings is 1. The molecule has 0 bridgehead atoms. The van der Waals surface area contributed by atoms with Gasteiger partial charge in [0.25, 0.3) is 0 Å². The molecule has 12 nitrogen and oxygen atoms in total. The van der Waals surface area contributed by atoms with Crippen molar-refractivity contribution in [3.05, 3.63) is 77.6 Å². The van der Waals surface area contributed by atoms with Crippen molar-refractivity contribution in [1.29, 1.82) is 0 Å². The molecule has 6 N–H and O–H groups in total. The molecule has 47 heavy (non-hydrogen) atoms. The maximum absolute atomic E-state index is 11.7. The number of aliphatic imine (C=N–C) groups is 1. The molecule has 0 aliphatic carbocycles. The van der Waals surface area contributed by atoms with Gasteiger partial charge in [0.15, 0.2) is 0 Å². The Balaban J connectivity index is 0.000000315. The number of rotatable bonds is 7. The number of aromatic nitrogens is 2. The van der Waals surface area contributed by atoms with Crippen LogP contribution in [0.15, 0.2) is 65.8 Å². The number of hydrogen-bond donors (Lipinski definition) is 4. The van der Waals surface area contributed by atoms with Crippen LogP contribution in [0, 0.1) is 0 Å². The molecule has 13 heteroatoms. The number of benzene rings is 2. The lowest BCUT2D eigenvalue weighted by atomic mass is 9.89. The number of nitrogens with zero attached hydrogens (tertiary/aromatic N) is 2. The van der Waals surface area contributed by atoms with E-state index in [4.69, 9.17) is 25.7 Å². The van der Waals surface area contributed by atoms with Gasteiger partial charge in [-0.3, -0.25) is 15.0 Å². The number of nitrogens with one attached hydrogen (secondary N) is 2. The van der Waals surface area contributed by atoms with E-state index >= 15 is 0 Å². The Kier molecular flexibility index (Phi) is 14.3. The van der Waals surface area contributed by atoms with Crippen LogP contribution in [0.25, 0.3) is 0 Å². The number of anilines is 2. The third-order valence-electron chi connectivity index (χ3n) is 7.21. The van der Waals surface area contributed by atoms with Crippen LogP contribution in [0.5, 0.6) is 11.5 Å². The normalized spacial score (nSPS) is 16.7. The van der Waals surface area contributed by atoms with Crippen LogP contribution < -0.4 is 26.3 Å². The first-order valence-electron chi connectivity index (χ1n) is 14.8. The summed E-state index contributed by atoms with van der Waals surface area (Å²) < 4.78 is 21.2. The number of halogens is 1. The van der Waals surface area contributed by atoms with Crippen molar-refractivity contribution in [3.63, 3.8) is 0 Å². The lowest BCUT2D eigenvalue weighted by Gasteiger charge is -2.26. The van der Waals surface area contributed by atoms with Crippen molar-refractivity contribution in [2.45, 2.75) is 71.3 Å².